The molecule has 0 saturated carbocycles. The highest BCUT2D eigenvalue weighted by Gasteiger charge is 2.37. The topological polar surface area (TPSA) is 19.4 Å². The van der Waals surface area contributed by atoms with E-state index >= 15 is 0 Å². The number of rotatable bonds is 5. The predicted octanol–water partition coefficient (Wildman–Crippen LogP) is 7.21. The molecule has 3 aliphatic rings. The largest absolute Gasteiger partial charge is 0.303 e. The van der Waals surface area contributed by atoms with E-state index in [0.717, 1.165) is 6.04 Å². The van der Waals surface area contributed by atoms with E-state index in [1.807, 2.05) is 11.3 Å². The fourth-order valence-corrected chi connectivity index (χ4v) is 7.60. The van der Waals surface area contributed by atoms with Crippen molar-refractivity contribution >= 4 is 11.3 Å². The number of likely N-dealkylation sites (tertiary alicyclic amines) is 2. The molecule has 2 saturated heterocycles. The average molecular weight is 480 g/mol. The molecule has 0 amide bonds. The summed E-state index contributed by atoms with van der Waals surface area (Å²) in [6.45, 7) is 14.7. The lowest BCUT2D eigenvalue weighted by molar-refractivity contribution is 0.142. The number of aromatic nitrogens is 1. The van der Waals surface area contributed by atoms with Gasteiger partial charge in [0, 0.05) is 22.9 Å². The van der Waals surface area contributed by atoms with Crippen LogP contribution < -0.4 is 0 Å². The van der Waals surface area contributed by atoms with E-state index < -0.39 is 0 Å². The van der Waals surface area contributed by atoms with E-state index in [9.17, 15) is 0 Å². The predicted molar refractivity (Wildman–Crippen MR) is 146 cm³/mol. The maximum atomic E-state index is 5.18. The van der Waals surface area contributed by atoms with Gasteiger partial charge in [-0.2, -0.15) is 0 Å². The smallest absolute Gasteiger partial charge is 0.0964 e. The standard InChI is InChI=1S/C30H45N3S/c1-29(2)14-15-30(3,4)26-20-23(9-10-25(26)29)27-21-34-28(31-27)22-11-17-33(18-12-22)19-13-24-8-6-7-16-32(24)5/h9-10,20-22,24H,6-8,11-19H2,1-5H3. The second-order valence-electron chi connectivity index (χ2n) is 12.6. The van der Waals surface area contributed by atoms with Crippen molar-refractivity contribution < 1.29 is 0 Å². The van der Waals surface area contributed by atoms with Gasteiger partial charge in [-0.15, -0.1) is 11.3 Å². The summed E-state index contributed by atoms with van der Waals surface area (Å²) in [6.07, 6.45) is 10.6. The third-order valence-electron chi connectivity index (χ3n) is 9.31. The van der Waals surface area contributed by atoms with Gasteiger partial charge in [0.15, 0.2) is 0 Å². The first-order valence-corrected chi connectivity index (χ1v) is 14.6. The van der Waals surface area contributed by atoms with E-state index in [1.165, 1.54) is 105 Å². The molecule has 2 aliphatic heterocycles. The molecular weight excluding hydrogens is 434 g/mol. The summed E-state index contributed by atoms with van der Waals surface area (Å²) >= 11 is 1.89. The molecule has 3 heterocycles. The van der Waals surface area contributed by atoms with Crippen molar-refractivity contribution in [2.45, 2.75) is 102 Å². The minimum absolute atomic E-state index is 0.249. The maximum Gasteiger partial charge on any atom is 0.0964 e. The molecule has 0 radical (unpaired) electrons. The zero-order chi connectivity index (χ0) is 23.9. The van der Waals surface area contributed by atoms with Crippen LogP contribution in [-0.4, -0.2) is 54.1 Å². The van der Waals surface area contributed by atoms with Crippen LogP contribution >= 0.6 is 11.3 Å². The first kappa shape index (κ1) is 24.5. The molecule has 186 valence electrons. The van der Waals surface area contributed by atoms with E-state index in [-0.39, 0.29) is 10.8 Å². The molecule has 4 heteroatoms. The molecule has 34 heavy (non-hydrogen) atoms. The second-order valence-corrected chi connectivity index (χ2v) is 13.5. The first-order chi connectivity index (χ1) is 16.2. The normalized spacial score (nSPS) is 25.9. The van der Waals surface area contributed by atoms with E-state index in [4.69, 9.17) is 4.98 Å². The number of nitrogens with zero attached hydrogens (tertiary/aromatic N) is 3. The van der Waals surface area contributed by atoms with Gasteiger partial charge in [0.2, 0.25) is 0 Å². The van der Waals surface area contributed by atoms with Crippen LogP contribution in [0.3, 0.4) is 0 Å². The Kier molecular flexibility index (Phi) is 6.96. The summed E-state index contributed by atoms with van der Waals surface area (Å²) in [5.74, 6) is 0.639. The number of hydrogen-bond donors (Lipinski definition) is 0. The summed E-state index contributed by atoms with van der Waals surface area (Å²) in [6, 6.07) is 7.98. The Morgan fingerprint density at radius 3 is 2.41 bits per heavy atom. The van der Waals surface area contributed by atoms with Gasteiger partial charge < -0.3 is 9.80 Å². The van der Waals surface area contributed by atoms with E-state index in [0.29, 0.717) is 5.92 Å². The highest BCUT2D eigenvalue weighted by Crippen LogP contribution is 2.47. The van der Waals surface area contributed by atoms with Crippen molar-refractivity contribution in [3.05, 3.63) is 39.7 Å². The quantitative estimate of drug-likeness (QED) is 0.451. The van der Waals surface area contributed by atoms with Gasteiger partial charge in [-0.3, -0.25) is 0 Å². The maximum absolute atomic E-state index is 5.18. The Labute approximate surface area is 212 Å². The van der Waals surface area contributed by atoms with Gasteiger partial charge >= 0.3 is 0 Å². The van der Waals surface area contributed by atoms with Crippen LogP contribution in [0.25, 0.3) is 11.3 Å². The van der Waals surface area contributed by atoms with Crippen LogP contribution in [0.2, 0.25) is 0 Å². The summed E-state index contributed by atoms with van der Waals surface area (Å²) in [5, 5.41) is 3.67. The Hall–Kier alpha value is -1.23. The Morgan fingerprint density at radius 2 is 1.68 bits per heavy atom. The molecule has 3 nitrogen and oxygen atoms in total. The van der Waals surface area contributed by atoms with Gasteiger partial charge in [0.1, 0.15) is 0 Å². The first-order valence-electron chi connectivity index (χ1n) is 13.8. The van der Waals surface area contributed by atoms with Gasteiger partial charge in [-0.05, 0) is 106 Å². The third kappa shape index (κ3) is 5.01. The fraction of sp³-hybridized carbons (Fsp3) is 0.700. The zero-order valence-corrected chi connectivity index (χ0v) is 23.0. The van der Waals surface area contributed by atoms with Crippen LogP contribution in [0.1, 0.15) is 101 Å². The summed E-state index contributed by atoms with van der Waals surface area (Å²) < 4.78 is 0. The number of thiazole rings is 1. The lowest BCUT2D eigenvalue weighted by Crippen LogP contribution is -2.40. The van der Waals surface area contributed by atoms with Crippen LogP contribution in [0, 0.1) is 0 Å². The van der Waals surface area contributed by atoms with Gasteiger partial charge in [-0.1, -0.05) is 46.2 Å². The molecule has 1 aromatic carbocycles. The molecule has 2 fully saturated rings. The van der Waals surface area contributed by atoms with Crippen LogP contribution in [0.4, 0.5) is 0 Å². The van der Waals surface area contributed by atoms with E-state index in [1.54, 1.807) is 0 Å². The minimum Gasteiger partial charge on any atom is -0.303 e. The van der Waals surface area contributed by atoms with Crippen molar-refractivity contribution in [1.82, 2.24) is 14.8 Å². The molecule has 1 aliphatic carbocycles. The second kappa shape index (κ2) is 9.67. The number of piperidine rings is 2. The van der Waals surface area contributed by atoms with E-state index in [2.05, 4.69) is 68.1 Å². The number of fused-ring (bicyclic) bond motifs is 1. The Morgan fingerprint density at radius 1 is 0.941 bits per heavy atom. The molecule has 5 rings (SSSR count). The molecule has 0 spiro atoms. The van der Waals surface area contributed by atoms with Gasteiger partial charge in [-0.25, -0.2) is 4.98 Å². The lowest BCUT2D eigenvalue weighted by atomic mass is 9.63. The average Bonchev–Trinajstić information content (AvgIpc) is 3.32. The van der Waals surface area contributed by atoms with Gasteiger partial charge in [0.05, 0.1) is 10.7 Å². The van der Waals surface area contributed by atoms with Crippen molar-refractivity contribution in [2.24, 2.45) is 0 Å². The molecule has 0 N–H and O–H groups in total. The van der Waals surface area contributed by atoms with Crippen molar-refractivity contribution in [1.29, 1.82) is 0 Å². The van der Waals surface area contributed by atoms with Crippen LogP contribution in [-0.2, 0) is 10.8 Å². The molecule has 1 atom stereocenters. The zero-order valence-electron chi connectivity index (χ0n) is 22.2. The van der Waals surface area contributed by atoms with Crippen molar-refractivity contribution in [3.63, 3.8) is 0 Å². The monoisotopic (exact) mass is 479 g/mol. The fourth-order valence-electron chi connectivity index (χ4n) is 6.60. The minimum atomic E-state index is 0.249. The summed E-state index contributed by atoms with van der Waals surface area (Å²) in [5.41, 5.74) is 6.09. The molecule has 2 aromatic rings. The van der Waals surface area contributed by atoms with Crippen LogP contribution in [0.5, 0.6) is 0 Å². The van der Waals surface area contributed by atoms with Crippen molar-refractivity contribution in [2.75, 3.05) is 33.2 Å². The molecule has 1 aromatic heterocycles. The third-order valence-corrected chi connectivity index (χ3v) is 10.3. The Bertz CT molecular complexity index is 983. The molecule has 1 unspecified atom stereocenters. The lowest BCUT2D eigenvalue weighted by Gasteiger charge is -2.42. The number of benzene rings is 1. The van der Waals surface area contributed by atoms with Crippen LogP contribution in [0.15, 0.2) is 23.6 Å². The van der Waals surface area contributed by atoms with Crippen molar-refractivity contribution in [3.8, 4) is 11.3 Å². The number of hydrogen-bond acceptors (Lipinski definition) is 4. The summed E-state index contributed by atoms with van der Waals surface area (Å²) in [4.78, 5) is 10.5. The molecule has 0 bridgehead atoms. The highest BCUT2D eigenvalue weighted by molar-refractivity contribution is 7.10. The van der Waals surface area contributed by atoms with Gasteiger partial charge in [0.25, 0.3) is 0 Å². The Balaban J connectivity index is 1.21. The molecular formula is C30H45N3S. The summed E-state index contributed by atoms with van der Waals surface area (Å²) in [7, 11) is 2.32. The SMILES string of the molecule is CN1CCCCC1CCN1CCC(c2nc(-c3ccc4c(c3)C(C)(C)CCC4(C)C)cs2)CC1. The highest BCUT2D eigenvalue weighted by atomic mass is 32.1.